The predicted octanol–water partition coefficient (Wildman–Crippen LogP) is 1.36. The summed E-state index contributed by atoms with van der Waals surface area (Å²) in [7, 11) is 0. The number of aryl methyl sites for hydroxylation is 1. The van der Waals surface area contributed by atoms with E-state index in [1.54, 1.807) is 0 Å². The zero-order valence-corrected chi connectivity index (χ0v) is 11.7. The highest BCUT2D eigenvalue weighted by molar-refractivity contribution is 5.47. The molecule has 0 aliphatic carbocycles. The fourth-order valence-electron chi connectivity index (χ4n) is 2.10. The van der Waals surface area contributed by atoms with Crippen molar-refractivity contribution in [3.8, 4) is 0 Å². The third kappa shape index (κ3) is 3.96. The minimum absolute atomic E-state index is 0.189. The Labute approximate surface area is 110 Å². The van der Waals surface area contributed by atoms with Gasteiger partial charge < -0.3 is 15.3 Å². The van der Waals surface area contributed by atoms with Crippen molar-refractivity contribution in [3.05, 3.63) is 23.4 Å². The molecule has 4 nitrogen and oxygen atoms in total. The summed E-state index contributed by atoms with van der Waals surface area (Å²) in [6.45, 7) is 10.4. The van der Waals surface area contributed by atoms with Crippen LogP contribution >= 0.6 is 0 Å². The van der Waals surface area contributed by atoms with Gasteiger partial charge in [0.25, 0.3) is 0 Å². The third-order valence-electron chi connectivity index (χ3n) is 2.92. The van der Waals surface area contributed by atoms with E-state index in [-0.39, 0.29) is 6.61 Å². The van der Waals surface area contributed by atoms with E-state index >= 15 is 0 Å². The Balaban J connectivity index is 0.000000771. The van der Waals surface area contributed by atoms with E-state index < -0.39 is 0 Å². The number of nitrogens with one attached hydrogen (secondary N) is 1. The lowest BCUT2D eigenvalue weighted by Gasteiger charge is -2.29. The lowest BCUT2D eigenvalue weighted by molar-refractivity contribution is 0.299. The van der Waals surface area contributed by atoms with Crippen LogP contribution in [0.15, 0.2) is 12.3 Å². The van der Waals surface area contributed by atoms with Crippen LogP contribution in [0.4, 0.5) is 5.82 Å². The second-order valence-corrected chi connectivity index (χ2v) is 4.19. The molecule has 0 saturated carbocycles. The van der Waals surface area contributed by atoms with Gasteiger partial charge in [0.1, 0.15) is 5.82 Å². The van der Waals surface area contributed by atoms with Crippen LogP contribution in [0, 0.1) is 6.92 Å². The summed E-state index contributed by atoms with van der Waals surface area (Å²) in [4.78, 5) is 6.82. The number of hydrogen-bond acceptors (Lipinski definition) is 4. The quantitative estimate of drug-likeness (QED) is 0.851. The Bertz CT molecular complexity index is 349. The van der Waals surface area contributed by atoms with E-state index in [2.05, 4.69) is 28.2 Å². The fourth-order valence-corrected chi connectivity index (χ4v) is 2.10. The van der Waals surface area contributed by atoms with Gasteiger partial charge >= 0.3 is 0 Å². The molecule has 1 aliphatic heterocycles. The number of piperazine rings is 1. The molecule has 0 spiro atoms. The first-order valence-electron chi connectivity index (χ1n) is 6.83. The van der Waals surface area contributed by atoms with Gasteiger partial charge in [-0.2, -0.15) is 0 Å². The Kier molecular flexibility index (Phi) is 6.68. The van der Waals surface area contributed by atoms with Crippen molar-refractivity contribution in [1.82, 2.24) is 10.3 Å². The van der Waals surface area contributed by atoms with E-state index in [1.165, 1.54) is 5.56 Å². The SMILES string of the molecule is CC.Cc1cc(CCO)cnc1N1CCNCC1. The maximum absolute atomic E-state index is 8.88. The molecule has 1 aliphatic rings. The van der Waals surface area contributed by atoms with Gasteiger partial charge in [-0.3, -0.25) is 0 Å². The number of rotatable bonds is 3. The molecule has 2 rings (SSSR count). The van der Waals surface area contributed by atoms with Crippen LogP contribution < -0.4 is 10.2 Å². The van der Waals surface area contributed by atoms with Crippen LogP contribution in [-0.2, 0) is 6.42 Å². The molecule has 1 fully saturated rings. The predicted molar refractivity (Wildman–Crippen MR) is 76.2 cm³/mol. The molecule has 0 bridgehead atoms. The van der Waals surface area contributed by atoms with Crippen LogP contribution in [-0.4, -0.2) is 42.9 Å². The summed E-state index contributed by atoms with van der Waals surface area (Å²) >= 11 is 0. The maximum Gasteiger partial charge on any atom is 0.131 e. The number of nitrogens with zero attached hydrogens (tertiary/aromatic N) is 2. The van der Waals surface area contributed by atoms with Crippen molar-refractivity contribution < 1.29 is 5.11 Å². The van der Waals surface area contributed by atoms with Gasteiger partial charge in [-0.15, -0.1) is 0 Å². The Morgan fingerprint density at radius 1 is 1.33 bits per heavy atom. The third-order valence-corrected chi connectivity index (χ3v) is 2.92. The van der Waals surface area contributed by atoms with E-state index in [0.717, 1.165) is 37.6 Å². The molecule has 0 atom stereocenters. The van der Waals surface area contributed by atoms with E-state index in [0.29, 0.717) is 6.42 Å². The summed E-state index contributed by atoms with van der Waals surface area (Å²) in [5.74, 6) is 1.09. The van der Waals surface area contributed by atoms with Crippen molar-refractivity contribution in [2.45, 2.75) is 27.2 Å². The summed E-state index contributed by atoms with van der Waals surface area (Å²) in [5.41, 5.74) is 2.31. The van der Waals surface area contributed by atoms with Crippen molar-refractivity contribution in [2.24, 2.45) is 0 Å². The molecule has 2 N–H and O–H groups in total. The minimum Gasteiger partial charge on any atom is -0.396 e. The number of hydrogen-bond donors (Lipinski definition) is 2. The molecule has 2 heterocycles. The molecule has 0 amide bonds. The van der Waals surface area contributed by atoms with Crippen molar-refractivity contribution in [3.63, 3.8) is 0 Å². The molecular formula is C14H25N3O. The lowest BCUT2D eigenvalue weighted by Crippen LogP contribution is -2.44. The van der Waals surface area contributed by atoms with E-state index in [1.807, 2.05) is 20.0 Å². The number of aliphatic hydroxyl groups is 1. The zero-order chi connectivity index (χ0) is 13.4. The average Bonchev–Trinajstić information content (AvgIpc) is 2.42. The second kappa shape index (κ2) is 8.06. The largest absolute Gasteiger partial charge is 0.396 e. The van der Waals surface area contributed by atoms with Crippen molar-refractivity contribution in [2.75, 3.05) is 37.7 Å². The topological polar surface area (TPSA) is 48.4 Å². The molecule has 0 aromatic carbocycles. The highest BCUT2D eigenvalue weighted by atomic mass is 16.2. The average molecular weight is 251 g/mol. The number of anilines is 1. The minimum atomic E-state index is 0.189. The highest BCUT2D eigenvalue weighted by Crippen LogP contribution is 2.18. The second-order valence-electron chi connectivity index (χ2n) is 4.19. The molecule has 4 heteroatoms. The fraction of sp³-hybridized carbons (Fsp3) is 0.643. The van der Waals surface area contributed by atoms with E-state index in [9.17, 15) is 0 Å². The first-order valence-corrected chi connectivity index (χ1v) is 6.83. The number of aliphatic hydroxyl groups excluding tert-OH is 1. The first kappa shape index (κ1) is 14.9. The summed E-state index contributed by atoms with van der Waals surface area (Å²) in [6.07, 6.45) is 2.57. The Morgan fingerprint density at radius 2 is 2.00 bits per heavy atom. The van der Waals surface area contributed by atoms with Crippen LogP contribution in [0.3, 0.4) is 0 Å². The highest BCUT2D eigenvalue weighted by Gasteiger charge is 2.13. The van der Waals surface area contributed by atoms with Crippen LogP contribution in [0.25, 0.3) is 0 Å². The van der Waals surface area contributed by atoms with Crippen molar-refractivity contribution >= 4 is 5.82 Å². The molecule has 0 radical (unpaired) electrons. The van der Waals surface area contributed by atoms with Gasteiger partial charge in [0.15, 0.2) is 0 Å². The first-order chi connectivity index (χ1) is 8.81. The van der Waals surface area contributed by atoms with E-state index in [4.69, 9.17) is 5.11 Å². The molecule has 1 aromatic rings. The Morgan fingerprint density at radius 3 is 2.56 bits per heavy atom. The van der Waals surface area contributed by atoms with Gasteiger partial charge in [-0.1, -0.05) is 19.9 Å². The standard InChI is InChI=1S/C12H19N3O.C2H6/c1-10-8-11(2-7-16)9-14-12(10)15-5-3-13-4-6-15;1-2/h8-9,13,16H,2-7H2,1H3;1-2H3. The monoisotopic (exact) mass is 251 g/mol. The van der Waals surface area contributed by atoms with Crippen LogP contribution in [0.2, 0.25) is 0 Å². The number of pyridine rings is 1. The molecule has 1 aromatic heterocycles. The molecule has 18 heavy (non-hydrogen) atoms. The van der Waals surface area contributed by atoms with Crippen molar-refractivity contribution in [1.29, 1.82) is 0 Å². The summed E-state index contributed by atoms with van der Waals surface area (Å²) in [6, 6.07) is 2.13. The van der Waals surface area contributed by atoms with Gasteiger partial charge in [-0.25, -0.2) is 4.98 Å². The molecule has 102 valence electrons. The summed E-state index contributed by atoms with van der Waals surface area (Å²) in [5, 5.41) is 12.2. The van der Waals surface area contributed by atoms with Gasteiger partial charge in [0.2, 0.25) is 0 Å². The van der Waals surface area contributed by atoms with Gasteiger partial charge in [-0.05, 0) is 24.5 Å². The smallest absolute Gasteiger partial charge is 0.131 e. The van der Waals surface area contributed by atoms with Gasteiger partial charge in [0, 0.05) is 39.0 Å². The van der Waals surface area contributed by atoms with Gasteiger partial charge in [0.05, 0.1) is 0 Å². The molecule has 0 unspecified atom stereocenters. The summed E-state index contributed by atoms with van der Waals surface area (Å²) < 4.78 is 0. The zero-order valence-electron chi connectivity index (χ0n) is 11.7. The number of aromatic nitrogens is 1. The maximum atomic E-state index is 8.88. The lowest BCUT2D eigenvalue weighted by atomic mass is 10.1. The molecule has 1 saturated heterocycles. The Hall–Kier alpha value is -1.13. The van der Waals surface area contributed by atoms with Crippen LogP contribution in [0.1, 0.15) is 25.0 Å². The van der Waals surface area contributed by atoms with Crippen LogP contribution in [0.5, 0.6) is 0 Å². The normalized spacial score (nSPS) is 15.0. The molecular weight excluding hydrogens is 226 g/mol.